The van der Waals surface area contributed by atoms with Gasteiger partial charge in [0.2, 0.25) is 0 Å². The molecule has 22 heavy (non-hydrogen) atoms. The van der Waals surface area contributed by atoms with Gasteiger partial charge in [0.25, 0.3) is 10.1 Å². The Hall–Kier alpha value is -1.36. The first-order chi connectivity index (χ1) is 10.2. The molecule has 0 unspecified atom stereocenters. The SMILES string of the molecule is Cc1ccc(S(=O)(=O)O[C@@H](C=O)[C@@H](O)[C@H](O)[C@H](O)CO)cc1. The van der Waals surface area contributed by atoms with Gasteiger partial charge in [-0.15, -0.1) is 0 Å². The molecule has 0 saturated carbocycles. The highest BCUT2D eigenvalue weighted by Gasteiger charge is 2.35. The summed E-state index contributed by atoms with van der Waals surface area (Å²) in [5.41, 5.74) is 0.812. The summed E-state index contributed by atoms with van der Waals surface area (Å²) in [6.45, 7) is 0.871. The molecule has 0 spiro atoms. The van der Waals surface area contributed by atoms with Crippen molar-refractivity contribution in [3.05, 3.63) is 29.8 Å². The summed E-state index contributed by atoms with van der Waals surface area (Å²) in [5.74, 6) is 0. The van der Waals surface area contributed by atoms with Crippen LogP contribution >= 0.6 is 0 Å². The second-order valence-corrected chi connectivity index (χ2v) is 6.27. The van der Waals surface area contributed by atoms with Crippen molar-refractivity contribution >= 4 is 16.4 Å². The zero-order valence-electron chi connectivity index (χ0n) is 11.7. The van der Waals surface area contributed by atoms with Gasteiger partial charge in [-0.25, -0.2) is 0 Å². The third-order valence-corrected chi connectivity index (χ3v) is 4.27. The summed E-state index contributed by atoms with van der Waals surface area (Å²) in [6.07, 6.45) is -7.66. The molecule has 4 N–H and O–H groups in total. The van der Waals surface area contributed by atoms with Gasteiger partial charge in [0.15, 0.2) is 12.4 Å². The highest BCUT2D eigenvalue weighted by molar-refractivity contribution is 7.86. The summed E-state index contributed by atoms with van der Waals surface area (Å²) in [6, 6.07) is 5.57. The monoisotopic (exact) mass is 334 g/mol. The minimum absolute atomic E-state index is 0.0102. The molecule has 0 aliphatic carbocycles. The third-order valence-electron chi connectivity index (χ3n) is 2.95. The second-order valence-electron chi connectivity index (χ2n) is 4.70. The molecule has 0 aromatic heterocycles. The van der Waals surface area contributed by atoms with Crippen LogP contribution in [-0.4, -0.2) is 66.2 Å². The van der Waals surface area contributed by atoms with Crippen LogP contribution in [0, 0.1) is 6.92 Å². The first-order valence-corrected chi connectivity index (χ1v) is 7.74. The van der Waals surface area contributed by atoms with Crippen molar-refractivity contribution in [3.8, 4) is 0 Å². The Kier molecular flexibility index (Phi) is 6.60. The molecule has 1 aromatic rings. The summed E-state index contributed by atoms with van der Waals surface area (Å²) in [4.78, 5) is 10.7. The van der Waals surface area contributed by atoms with Crippen LogP contribution in [-0.2, 0) is 19.1 Å². The van der Waals surface area contributed by atoms with E-state index in [4.69, 9.17) is 5.11 Å². The van der Waals surface area contributed by atoms with Gasteiger partial charge in [-0.3, -0.25) is 4.18 Å². The number of aliphatic hydroxyl groups is 4. The minimum Gasteiger partial charge on any atom is -0.394 e. The molecule has 4 atom stereocenters. The predicted molar refractivity (Wildman–Crippen MR) is 74.4 cm³/mol. The largest absolute Gasteiger partial charge is 0.394 e. The molecule has 1 rings (SSSR count). The third kappa shape index (κ3) is 4.57. The summed E-state index contributed by atoms with van der Waals surface area (Å²) in [7, 11) is -4.35. The van der Waals surface area contributed by atoms with E-state index in [0.717, 1.165) is 5.56 Å². The Morgan fingerprint density at radius 2 is 1.68 bits per heavy atom. The summed E-state index contributed by atoms with van der Waals surface area (Å²) in [5, 5.41) is 37.1. The minimum atomic E-state index is -4.35. The molecule has 0 aliphatic rings. The molecule has 0 fully saturated rings. The number of benzene rings is 1. The number of aldehydes is 1. The number of hydrogen-bond donors (Lipinski definition) is 4. The van der Waals surface area contributed by atoms with Crippen molar-refractivity contribution in [2.45, 2.75) is 36.2 Å². The van der Waals surface area contributed by atoms with Crippen molar-refractivity contribution in [2.24, 2.45) is 0 Å². The zero-order chi connectivity index (χ0) is 16.9. The van der Waals surface area contributed by atoms with Crippen molar-refractivity contribution in [1.82, 2.24) is 0 Å². The van der Waals surface area contributed by atoms with Crippen LogP contribution in [0.15, 0.2) is 29.2 Å². The lowest BCUT2D eigenvalue weighted by atomic mass is 10.0. The smallest absolute Gasteiger partial charge is 0.297 e. The highest BCUT2D eigenvalue weighted by atomic mass is 32.2. The van der Waals surface area contributed by atoms with E-state index in [1.165, 1.54) is 24.3 Å². The molecular formula is C13H18O8S. The normalized spacial score (nSPS) is 17.5. The van der Waals surface area contributed by atoms with Gasteiger partial charge in [-0.1, -0.05) is 17.7 Å². The fourth-order valence-corrected chi connectivity index (χ4v) is 2.63. The Balaban J connectivity index is 2.93. The topological polar surface area (TPSA) is 141 Å². The summed E-state index contributed by atoms with van der Waals surface area (Å²) >= 11 is 0. The Labute approximate surface area is 127 Å². The van der Waals surface area contributed by atoms with E-state index in [0.29, 0.717) is 0 Å². The maximum Gasteiger partial charge on any atom is 0.297 e. The van der Waals surface area contributed by atoms with Crippen LogP contribution in [0.25, 0.3) is 0 Å². The maximum absolute atomic E-state index is 12.0. The van der Waals surface area contributed by atoms with E-state index < -0.39 is 41.1 Å². The summed E-state index contributed by atoms with van der Waals surface area (Å²) < 4.78 is 28.6. The van der Waals surface area contributed by atoms with Crippen molar-refractivity contribution in [3.63, 3.8) is 0 Å². The van der Waals surface area contributed by atoms with E-state index in [9.17, 15) is 28.5 Å². The molecule has 0 bridgehead atoms. The second kappa shape index (κ2) is 7.77. The van der Waals surface area contributed by atoms with Crippen molar-refractivity contribution in [2.75, 3.05) is 6.61 Å². The highest BCUT2D eigenvalue weighted by Crippen LogP contribution is 2.17. The molecule has 0 saturated heterocycles. The van der Waals surface area contributed by atoms with Gasteiger partial charge >= 0.3 is 0 Å². The molecule has 124 valence electrons. The Morgan fingerprint density at radius 1 is 1.14 bits per heavy atom. The molecule has 1 aromatic carbocycles. The predicted octanol–water partition coefficient (Wildman–Crippen LogP) is -1.66. The number of carbonyl (C=O) groups excluding carboxylic acids is 1. The molecule has 9 heteroatoms. The lowest BCUT2D eigenvalue weighted by molar-refractivity contribution is -0.132. The molecule has 8 nitrogen and oxygen atoms in total. The zero-order valence-corrected chi connectivity index (χ0v) is 12.5. The van der Waals surface area contributed by atoms with Crippen LogP contribution in [0.5, 0.6) is 0 Å². The van der Waals surface area contributed by atoms with E-state index in [1.54, 1.807) is 6.92 Å². The molecule has 0 radical (unpaired) electrons. The number of aryl methyl sites for hydroxylation is 1. The number of rotatable bonds is 8. The Morgan fingerprint density at radius 3 is 2.14 bits per heavy atom. The number of aliphatic hydroxyl groups excluding tert-OH is 4. The molecule has 0 heterocycles. The molecular weight excluding hydrogens is 316 g/mol. The lowest BCUT2D eigenvalue weighted by Gasteiger charge is -2.25. The Bertz CT molecular complexity index is 583. The average molecular weight is 334 g/mol. The van der Waals surface area contributed by atoms with Gasteiger partial charge in [-0.2, -0.15) is 8.42 Å². The van der Waals surface area contributed by atoms with Gasteiger partial charge in [-0.05, 0) is 19.1 Å². The molecule has 0 amide bonds. The first kappa shape index (κ1) is 18.7. The van der Waals surface area contributed by atoms with E-state index in [1.807, 2.05) is 0 Å². The van der Waals surface area contributed by atoms with Gasteiger partial charge in [0.1, 0.15) is 18.3 Å². The van der Waals surface area contributed by atoms with Crippen molar-refractivity contribution in [1.29, 1.82) is 0 Å². The van der Waals surface area contributed by atoms with Crippen LogP contribution in [0.4, 0.5) is 0 Å². The maximum atomic E-state index is 12.0. The fourth-order valence-electron chi connectivity index (χ4n) is 1.60. The van der Waals surface area contributed by atoms with E-state index >= 15 is 0 Å². The van der Waals surface area contributed by atoms with E-state index in [-0.39, 0.29) is 11.2 Å². The van der Waals surface area contributed by atoms with Crippen LogP contribution in [0.1, 0.15) is 5.56 Å². The molecule has 0 aliphatic heterocycles. The quantitative estimate of drug-likeness (QED) is 0.327. The average Bonchev–Trinajstić information content (AvgIpc) is 2.50. The van der Waals surface area contributed by atoms with Gasteiger partial charge in [0.05, 0.1) is 11.5 Å². The lowest BCUT2D eigenvalue weighted by Crippen LogP contribution is -2.48. The number of carbonyl (C=O) groups is 1. The van der Waals surface area contributed by atoms with E-state index in [2.05, 4.69) is 4.18 Å². The van der Waals surface area contributed by atoms with Crippen LogP contribution < -0.4 is 0 Å². The standard InChI is InChI=1S/C13H18O8S/c1-8-2-4-9(5-3-8)22(19,20)21-11(7-15)13(18)12(17)10(16)6-14/h2-5,7,10-14,16-18H,6H2,1H3/t10-,11+,12-,13-/m1/s1. The first-order valence-electron chi connectivity index (χ1n) is 6.33. The van der Waals surface area contributed by atoms with Crippen molar-refractivity contribution < 1.29 is 37.8 Å². The van der Waals surface area contributed by atoms with Gasteiger partial charge < -0.3 is 25.2 Å². The van der Waals surface area contributed by atoms with Crippen LogP contribution in [0.2, 0.25) is 0 Å². The fraction of sp³-hybridized carbons (Fsp3) is 0.462. The number of hydrogen-bond acceptors (Lipinski definition) is 8. The van der Waals surface area contributed by atoms with Gasteiger partial charge in [0, 0.05) is 0 Å². The van der Waals surface area contributed by atoms with Crippen LogP contribution in [0.3, 0.4) is 0 Å².